The summed E-state index contributed by atoms with van der Waals surface area (Å²) < 4.78 is 1.17. The number of carbonyl (C=O) groups is 1. The first-order chi connectivity index (χ1) is 10.1. The highest BCUT2D eigenvalue weighted by Gasteiger charge is 2.26. The first kappa shape index (κ1) is 16.7. The second-order valence-corrected chi connectivity index (χ2v) is 6.91. The molecule has 116 valence electrons. The largest absolute Gasteiger partial charge is 0.336 e. The summed E-state index contributed by atoms with van der Waals surface area (Å²) in [7, 11) is 0. The zero-order chi connectivity index (χ0) is 15.2. The molecule has 1 N–H and O–H groups in total. The predicted octanol–water partition coefficient (Wildman–Crippen LogP) is 3.59. The molecule has 1 aromatic rings. The van der Waals surface area contributed by atoms with Gasteiger partial charge in [-0.1, -0.05) is 19.4 Å². The summed E-state index contributed by atoms with van der Waals surface area (Å²) in [6, 6.07) is 6.41. The lowest BCUT2D eigenvalue weighted by Gasteiger charge is -2.35. The lowest BCUT2D eigenvalue weighted by atomic mass is 10.0. The number of benzene rings is 1. The summed E-state index contributed by atoms with van der Waals surface area (Å²) >= 11 is 2.31. The topological polar surface area (TPSA) is 32.3 Å². The van der Waals surface area contributed by atoms with E-state index in [-0.39, 0.29) is 5.91 Å². The minimum Gasteiger partial charge on any atom is -0.336 e. The van der Waals surface area contributed by atoms with Gasteiger partial charge in [-0.2, -0.15) is 0 Å². The molecular weight excluding hydrogens is 375 g/mol. The van der Waals surface area contributed by atoms with E-state index < -0.39 is 0 Å². The molecule has 21 heavy (non-hydrogen) atoms. The van der Waals surface area contributed by atoms with Crippen LogP contribution in [0.1, 0.15) is 48.5 Å². The van der Waals surface area contributed by atoms with Gasteiger partial charge in [0.1, 0.15) is 0 Å². The molecule has 0 radical (unpaired) electrons. The highest BCUT2D eigenvalue weighted by molar-refractivity contribution is 14.1. The van der Waals surface area contributed by atoms with Gasteiger partial charge < -0.3 is 10.2 Å². The summed E-state index contributed by atoms with van der Waals surface area (Å²) in [5.41, 5.74) is 1.98. The minimum atomic E-state index is 0.214. The van der Waals surface area contributed by atoms with Crippen molar-refractivity contribution in [2.45, 2.75) is 45.6 Å². The van der Waals surface area contributed by atoms with Crippen molar-refractivity contribution in [3.05, 3.63) is 32.9 Å². The number of hydrogen-bond donors (Lipinski definition) is 1. The maximum absolute atomic E-state index is 13.0. The van der Waals surface area contributed by atoms with E-state index >= 15 is 0 Å². The van der Waals surface area contributed by atoms with Gasteiger partial charge in [-0.3, -0.25) is 4.79 Å². The second-order valence-electron chi connectivity index (χ2n) is 5.75. The molecule has 1 saturated heterocycles. The van der Waals surface area contributed by atoms with Crippen LogP contribution >= 0.6 is 22.6 Å². The maximum atomic E-state index is 13.0. The molecule has 1 aromatic carbocycles. The molecule has 1 heterocycles. The quantitative estimate of drug-likeness (QED) is 0.767. The number of nitrogens with zero attached hydrogens (tertiary/aromatic N) is 1. The molecule has 1 amide bonds. The van der Waals surface area contributed by atoms with E-state index in [1.807, 2.05) is 12.1 Å². The molecule has 4 heteroatoms. The van der Waals surface area contributed by atoms with Gasteiger partial charge in [-0.15, -0.1) is 0 Å². The SMILES string of the molecule is CCCCN(C(=O)c1cccc(I)c1C)C1CCNCC1. The van der Waals surface area contributed by atoms with Crippen molar-refractivity contribution in [3.8, 4) is 0 Å². The molecule has 0 spiro atoms. The van der Waals surface area contributed by atoms with Crippen molar-refractivity contribution in [1.82, 2.24) is 10.2 Å². The van der Waals surface area contributed by atoms with Gasteiger partial charge in [-0.05, 0) is 79.6 Å². The van der Waals surface area contributed by atoms with Gasteiger partial charge in [0, 0.05) is 21.7 Å². The first-order valence-corrected chi connectivity index (χ1v) is 8.99. The normalized spacial score (nSPS) is 16.0. The molecule has 2 rings (SSSR count). The molecule has 3 nitrogen and oxygen atoms in total. The molecular formula is C17H25IN2O. The Kier molecular flexibility index (Phi) is 6.48. The van der Waals surface area contributed by atoms with Crippen molar-refractivity contribution in [3.63, 3.8) is 0 Å². The molecule has 1 aliphatic heterocycles. The third kappa shape index (κ3) is 4.19. The Labute approximate surface area is 141 Å². The zero-order valence-electron chi connectivity index (χ0n) is 13.0. The van der Waals surface area contributed by atoms with Crippen molar-refractivity contribution in [2.75, 3.05) is 19.6 Å². The summed E-state index contributed by atoms with van der Waals surface area (Å²) in [6.45, 7) is 7.15. The molecule has 0 saturated carbocycles. The van der Waals surface area contributed by atoms with Gasteiger partial charge in [0.15, 0.2) is 0 Å². The average molecular weight is 400 g/mol. The van der Waals surface area contributed by atoms with Gasteiger partial charge in [0.2, 0.25) is 0 Å². The summed E-state index contributed by atoms with van der Waals surface area (Å²) in [4.78, 5) is 15.2. The summed E-state index contributed by atoms with van der Waals surface area (Å²) in [5, 5.41) is 3.39. The van der Waals surface area contributed by atoms with Crippen LogP contribution in [-0.4, -0.2) is 36.5 Å². The van der Waals surface area contributed by atoms with E-state index in [4.69, 9.17) is 0 Å². The van der Waals surface area contributed by atoms with Crippen molar-refractivity contribution >= 4 is 28.5 Å². The van der Waals surface area contributed by atoms with Gasteiger partial charge >= 0.3 is 0 Å². The van der Waals surface area contributed by atoms with Crippen LogP contribution < -0.4 is 5.32 Å². The highest BCUT2D eigenvalue weighted by atomic mass is 127. The fraction of sp³-hybridized carbons (Fsp3) is 0.588. The monoisotopic (exact) mass is 400 g/mol. The Morgan fingerprint density at radius 2 is 2.10 bits per heavy atom. The number of halogens is 1. The van der Waals surface area contributed by atoms with E-state index in [0.717, 1.165) is 56.4 Å². The lowest BCUT2D eigenvalue weighted by Crippen LogP contribution is -2.46. The van der Waals surface area contributed by atoms with Crippen LogP contribution in [0.15, 0.2) is 18.2 Å². The Balaban J connectivity index is 2.22. The van der Waals surface area contributed by atoms with Crippen molar-refractivity contribution in [2.24, 2.45) is 0 Å². The number of rotatable bonds is 5. The first-order valence-electron chi connectivity index (χ1n) is 7.92. The standard InChI is InChI=1S/C17H25IN2O/c1-3-4-12-20(14-8-10-19-11-9-14)17(21)15-6-5-7-16(18)13(15)2/h5-7,14,19H,3-4,8-12H2,1-2H3. The number of amides is 1. The maximum Gasteiger partial charge on any atom is 0.254 e. The van der Waals surface area contributed by atoms with Crippen LogP contribution in [0.2, 0.25) is 0 Å². The lowest BCUT2D eigenvalue weighted by molar-refractivity contribution is 0.0638. The summed E-state index contributed by atoms with van der Waals surface area (Å²) in [6.07, 6.45) is 4.34. The van der Waals surface area contributed by atoms with Crippen molar-refractivity contribution < 1.29 is 4.79 Å². The molecule has 0 aliphatic carbocycles. The van der Waals surface area contributed by atoms with Crippen LogP contribution in [0, 0.1) is 10.5 Å². The molecule has 1 aliphatic rings. The molecule has 0 unspecified atom stereocenters. The Bertz CT molecular complexity index is 484. The number of hydrogen-bond acceptors (Lipinski definition) is 2. The fourth-order valence-corrected chi connectivity index (χ4v) is 3.39. The minimum absolute atomic E-state index is 0.214. The van der Waals surface area contributed by atoms with Gasteiger partial charge in [0.05, 0.1) is 0 Å². The van der Waals surface area contributed by atoms with E-state index in [2.05, 4.69) is 52.7 Å². The zero-order valence-corrected chi connectivity index (χ0v) is 15.2. The second kappa shape index (κ2) is 8.13. The number of nitrogens with one attached hydrogen (secondary N) is 1. The van der Waals surface area contributed by atoms with Gasteiger partial charge in [-0.25, -0.2) is 0 Å². The number of unbranched alkanes of at least 4 members (excludes halogenated alkanes) is 1. The van der Waals surface area contributed by atoms with Crippen LogP contribution in [0.5, 0.6) is 0 Å². The fourth-order valence-electron chi connectivity index (χ4n) is 2.89. The third-order valence-electron chi connectivity index (χ3n) is 4.26. The van der Waals surface area contributed by atoms with Crippen LogP contribution in [0.4, 0.5) is 0 Å². The van der Waals surface area contributed by atoms with Crippen LogP contribution in [0.3, 0.4) is 0 Å². The molecule has 1 fully saturated rings. The Morgan fingerprint density at radius 1 is 1.38 bits per heavy atom. The van der Waals surface area contributed by atoms with E-state index in [1.54, 1.807) is 0 Å². The van der Waals surface area contributed by atoms with Crippen LogP contribution in [0.25, 0.3) is 0 Å². The molecule has 0 atom stereocenters. The number of carbonyl (C=O) groups excluding carboxylic acids is 1. The van der Waals surface area contributed by atoms with Crippen molar-refractivity contribution in [1.29, 1.82) is 0 Å². The summed E-state index contributed by atoms with van der Waals surface area (Å²) in [5.74, 6) is 0.214. The molecule has 0 bridgehead atoms. The average Bonchev–Trinajstić information content (AvgIpc) is 2.51. The predicted molar refractivity (Wildman–Crippen MR) is 95.7 cm³/mol. The van der Waals surface area contributed by atoms with Crippen LogP contribution in [-0.2, 0) is 0 Å². The Hall–Kier alpha value is -0.620. The van der Waals surface area contributed by atoms with E-state index in [9.17, 15) is 4.79 Å². The smallest absolute Gasteiger partial charge is 0.254 e. The third-order valence-corrected chi connectivity index (χ3v) is 5.43. The van der Waals surface area contributed by atoms with Gasteiger partial charge in [0.25, 0.3) is 5.91 Å². The number of piperidine rings is 1. The highest BCUT2D eigenvalue weighted by Crippen LogP contribution is 2.21. The van der Waals surface area contributed by atoms with E-state index in [1.165, 1.54) is 3.57 Å². The Morgan fingerprint density at radius 3 is 2.76 bits per heavy atom. The molecule has 0 aromatic heterocycles. The van der Waals surface area contributed by atoms with E-state index in [0.29, 0.717) is 6.04 Å².